The van der Waals surface area contributed by atoms with E-state index in [0.29, 0.717) is 28.3 Å². The molecule has 0 aliphatic heterocycles. The number of aromatic nitrogens is 5. The Bertz CT molecular complexity index is 1680. The van der Waals surface area contributed by atoms with Gasteiger partial charge in [-0.3, -0.25) is 9.36 Å². The smallest absolute Gasteiger partial charge is 0.333 e. The maximum atomic E-state index is 14.4. The molecular weight excluding hydrogens is 569 g/mol. The number of esters is 1. The van der Waals surface area contributed by atoms with E-state index in [1.54, 1.807) is 6.92 Å². The van der Waals surface area contributed by atoms with Crippen molar-refractivity contribution in [2.75, 3.05) is 26.9 Å². The van der Waals surface area contributed by atoms with Crippen LogP contribution in [-0.4, -0.2) is 62.1 Å². The topological polar surface area (TPSA) is 140 Å². The summed E-state index contributed by atoms with van der Waals surface area (Å²) in [5, 5.41) is 18.6. The molecule has 1 N–H and O–H groups in total. The average molecular weight is 604 g/mol. The molecule has 0 radical (unpaired) electrons. The van der Waals surface area contributed by atoms with Crippen LogP contribution in [0.15, 0.2) is 40.2 Å². The van der Waals surface area contributed by atoms with Gasteiger partial charge in [0.1, 0.15) is 33.0 Å². The summed E-state index contributed by atoms with van der Waals surface area (Å²) < 4.78 is 33.4. The van der Waals surface area contributed by atoms with Crippen LogP contribution >= 0.6 is 11.3 Å². The first kappa shape index (κ1) is 31.1. The quantitative estimate of drug-likeness (QED) is 0.180. The first-order valence-electron chi connectivity index (χ1n) is 13.5. The Balaban J connectivity index is 1.99. The van der Waals surface area contributed by atoms with Gasteiger partial charge < -0.3 is 19.3 Å². The van der Waals surface area contributed by atoms with E-state index in [1.165, 1.54) is 60.9 Å². The van der Waals surface area contributed by atoms with Crippen LogP contribution in [0.25, 0.3) is 15.2 Å². The van der Waals surface area contributed by atoms with Crippen molar-refractivity contribution in [2.45, 2.75) is 58.7 Å². The summed E-state index contributed by atoms with van der Waals surface area (Å²) >= 11 is 1.12. The minimum atomic E-state index is -1.67. The van der Waals surface area contributed by atoms with Crippen LogP contribution in [0.5, 0.6) is 5.75 Å². The van der Waals surface area contributed by atoms with Crippen LogP contribution in [-0.2, 0) is 26.4 Å². The van der Waals surface area contributed by atoms with E-state index in [4.69, 9.17) is 14.2 Å². The van der Waals surface area contributed by atoms with Crippen molar-refractivity contribution in [3.05, 3.63) is 68.4 Å². The Hall–Kier alpha value is -3.88. The molecule has 14 heteroatoms. The van der Waals surface area contributed by atoms with Crippen LogP contribution < -0.4 is 16.0 Å². The monoisotopic (exact) mass is 603 g/mol. The predicted octanol–water partition coefficient (Wildman–Crippen LogP) is 3.09. The third-order valence-corrected chi connectivity index (χ3v) is 8.16. The number of aryl methyl sites for hydroxylation is 1. The maximum Gasteiger partial charge on any atom is 0.333 e. The first-order valence-corrected chi connectivity index (χ1v) is 14.3. The van der Waals surface area contributed by atoms with Crippen molar-refractivity contribution >= 4 is 27.5 Å². The molecule has 0 saturated heterocycles. The summed E-state index contributed by atoms with van der Waals surface area (Å²) in [6.07, 6.45) is 3.41. The zero-order valence-corrected chi connectivity index (χ0v) is 24.9. The van der Waals surface area contributed by atoms with Gasteiger partial charge in [0.25, 0.3) is 5.56 Å². The number of nitrogens with zero attached hydrogens (tertiary/aromatic N) is 5. The number of fused-ring (bicyclic) bond motifs is 1. The highest BCUT2D eigenvalue weighted by Gasteiger charge is 2.37. The van der Waals surface area contributed by atoms with Crippen molar-refractivity contribution < 1.29 is 28.5 Å². The zero-order chi connectivity index (χ0) is 30.6. The van der Waals surface area contributed by atoms with Gasteiger partial charge in [-0.1, -0.05) is 24.7 Å². The largest absolute Gasteiger partial charge is 0.496 e. The number of aliphatic hydroxyl groups is 1. The van der Waals surface area contributed by atoms with E-state index in [2.05, 4.69) is 10.2 Å². The second kappa shape index (κ2) is 13.0. The van der Waals surface area contributed by atoms with Gasteiger partial charge in [-0.25, -0.2) is 18.5 Å². The van der Waals surface area contributed by atoms with Crippen LogP contribution in [0.1, 0.15) is 50.8 Å². The molecule has 12 nitrogen and oxygen atoms in total. The molecule has 0 fully saturated rings. The van der Waals surface area contributed by atoms with E-state index in [1.807, 2.05) is 6.92 Å². The number of hydrogen-bond acceptors (Lipinski definition) is 10. The predicted molar refractivity (Wildman–Crippen MR) is 154 cm³/mol. The SMILES string of the molecule is CCCCOC(=O)C(C)(C)n1c(=O)c2c(C)c(-n3nccn3)sc2n(C[C@@H](OCCO)c2cc(F)ccc2OC)c1=O. The fraction of sp³-hybridized carbons (Fsp3) is 0.464. The highest BCUT2D eigenvalue weighted by atomic mass is 32.1. The Morgan fingerprint density at radius 3 is 2.55 bits per heavy atom. The van der Waals surface area contributed by atoms with E-state index in [-0.39, 0.29) is 36.6 Å². The fourth-order valence-corrected chi connectivity index (χ4v) is 5.86. The molecule has 4 rings (SSSR count). The third kappa shape index (κ3) is 5.87. The highest BCUT2D eigenvalue weighted by molar-refractivity contribution is 7.21. The van der Waals surface area contributed by atoms with Gasteiger partial charge in [-0.05, 0) is 45.4 Å². The number of aliphatic hydroxyl groups excluding tert-OH is 1. The van der Waals surface area contributed by atoms with Crippen LogP contribution in [0.3, 0.4) is 0 Å². The number of carbonyl (C=O) groups is 1. The lowest BCUT2D eigenvalue weighted by Gasteiger charge is -2.27. The second-order valence-corrected chi connectivity index (χ2v) is 11.1. The minimum Gasteiger partial charge on any atom is -0.496 e. The molecule has 0 unspecified atom stereocenters. The van der Waals surface area contributed by atoms with Crippen molar-refractivity contribution in [3.8, 4) is 10.8 Å². The molecule has 0 amide bonds. The van der Waals surface area contributed by atoms with Crippen molar-refractivity contribution in [1.82, 2.24) is 24.1 Å². The molecule has 42 heavy (non-hydrogen) atoms. The lowest BCUT2D eigenvalue weighted by Crippen LogP contribution is -2.53. The van der Waals surface area contributed by atoms with Gasteiger partial charge in [-0.15, -0.1) is 4.80 Å². The van der Waals surface area contributed by atoms with Gasteiger partial charge in [0.15, 0.2) is 0 Å². The van der Waals surface area contributed by atoms with Crippen LogP contribution in [0.2, 0.25) is 0 Å². The number of thiophene rings is 1. The Kier molecular flexibility index (Phi) is 9.59. The maximum absolute atomic E-state index is 14.4. The molecule has 0 bridgehead atoms. The van der Waals surface area contributed by atoms with Gasteiger partial charge >= 0.3 is 11.7 Å². The Morgan fingerprint density at radius 1 is 1.19 bits per heavy atom. The highest BCUT2D eigenvalue weighted by Crippen LogP contribution is 2.34. The van der Waals surface area contributed by atoms with Crippen molar-refractivity contribution in [3.63, 3.8) is 0 Å². The van der Waals surface area contributed by atoms with E-state index in [0.717, 1.165) is 22.3 Å². The summed E-state index contributed by atoms with van der Waals surface area (Å²) in [7, 11) is 1.42. The van der Waals surface area contributed by atoms with Gasteiger partial charge in [0, 0.05) is 11.1 Å². The van der Waals surface area contributed by atoms with E-state index >= 15 is 0 Å². The summed E-state index contributed by atoms with van der Waals surface area (Å²) in [4.78, 5) is 43.1. The normalized spacial score (nSPS) is 12.5. The zero-order valence-electron chi connectivity index (χ0n) is 24.1. The van der Waals surface area contributed by atoms with Crippen molar-refractivity contribution in [2.24, 2.45) is 0 Å². The molecule has 4 aromatic rings. The summed E-state index contributed by atoms with van der Waals surface area (Å²) in [6, 6.07) is 3.90. The minimum absolute atomic E-state index is 0.122. The standard InChI is InChI=1S/C28H34FN5O7S/c1-6-7-13-41-26(37)28(3,4)33-23(36)22-17(2)24(34-30-10-11-31-34)42-25(22)32(27(33)38)16-21(40-14-12-35)19-15-18(29)8-9-20(19)39-5/h8-11,15,21,35H,6-7,12-14,16H2,1-5H3/t21-/m1/s1. The number of unbranched alkanes of at least 4 members (excludes halogenated alkanes) is 1. The average Bonchev–Trinajstić information content (AvgIpc) is 3.61. The van der Waals surface area contributed by atoms with Crippen LogP contribution in [0, 0.1) is 12.7 Å². The first-order chi connectivity index (χ1) is 20.1. The molecule has 3 heterocycles. The Labute approximate surface area is 244 Å². The third-order valence-electron chi connectivity index (χ3n) is 6.87. The molecular formula is C28H34FN5O7S. The van der Waals surface area contributed by atoms with Crippen LogP contribution in [0.4, 0.5) is 4.39 Å². The number of benzene rings is 1. The molecule has 0 aliphatic rings. The number of rotatable bonds is 13. The Morgan fingerprint density at radius 2 is 1.90 bits per heavy atom. The van der Waals surface area contributed by atoms with Gasteiger partial charge in [0.2, 0.25) is 0 Å². The second-order valence-electron chi connectivity index (χ2n) is 10.1. The fourth-order valence-electron chi connectivity index (χ4n) is 4.64. The molecule has 1 atom stereocenters. The summed E-state index contributed by atoms with van der Waals surface area (Å²) in [5.41, 5.74) is -2.34. The van der Waals surface area contributed by atoms with Gasteiger partial charge in [0.05, 0.1) is 51.3 Å². The molecule has 3 aromatic heterocycles. The van der Waals surface area contributed by atoms with Crippen molar-refractivity contribution in [1.29, 1.82) is 0 Å². The number of halogens is 1. The molecule has 0 aliphatic carbocycles. The van der Waals surface area contributed by atoms with E-state index < -0.39 is 34.7 Å². The molecule has 0 saturated carbocycles. The number of carbonyl (C=O) groups excluding carboxylic acids is 1. The van der Waals surface area contributed by atoms with Gasteiger partial charge in [-0.2, -0.15) is 10.2 Å². The summed E-state index contributed by atoms with van der Waals surface area (Å²) in [5.74, 6) is -0.982. The molecule has 226 valence electrons. The number of ether oxygens (including phenoxy) is 3. The molecule has 0 spiro atoms. The summed E-state index contributed by atoms with van der Waals surface area (Å²) in [6.45, 7) is 6.05. The number of methoxy groups -OCH3 is 1. The number of hydrogen-bond donors (Lipinski definition) is 1. The molecule has 1 aromatic carbocycles. The lowest BCUT2D eigenvalue weighted by atomic mass is 10.0. The lowest BCUT2D eigenvalue weighted by molar-refractivity contribution is -0.153. The van der Waals surface area contributed by atoms with E-state index in [9.17, 15) is 23.9 Å².